The maximum atomic E-state index is 13.1. The maximum Gasteiger partial charge on any atom is 0.160 e. The van der Waals surface area contributed by atoms with Gasteiger partial charge in [0.05, 0.1) is 0 Å². The minimum Gasteiger partial charge on any atom is -0.371 e. The molecule has 2 unspecified atom stereocenters. The lowest BCUT2D eigenvalue weighted by Gasteiger charge is -2.20. The lowest BCUT2D eigenvalue weighted by Crippen LogP contribution is -2.29. The highest BCUT2D eigenvalue weighted by Gasteiger charge is 2.25. The van der Waals surface area contributed by atoms with Gasteiger partial charge in [0.15, 0.2) is 11.6 Å². The molecule has 0 radical (unpaired) electrons. The molecular formula is C12H16F2N2. The zero-order valence-electron chi connectivity index (χ0n) is 9.29. The second kappa shape index (κ2) is 4.37. The van der Waals surface area contributed by atoms with Crippen LogP contribution in [0.4, 0.5) is 14.5 Å². The Morgan fingerprint density at radius 1 is 1.38 bits per heavy atom. The Labute approximate surface area is 94.0 Å². The Hall–Kier alpha value is -1.16. The van der Waals surface area contributed by atoms with Crippen molar-refractivity contribution in [1.82, 2.24) is 0 Å². The minimum atomic E-state index is -0.799. The summed E-state index contributed by atoms with van der Waals surface area (Å²) < 4.78 is 25.8. The van der Waals surface area contributed by atoms with Crippen molar-refractivity contribution in [2.24, 2.45) is 11.7 Å². The average molecular weight is 226 g/mol. The van der Waals surface area contributed by atoms with Crippen molar-refractivity contribution < 1.29 is 8.78 Å². The third kappa shape index (κ3) is 2.16. The predicted octanol–water partition coefficient (Wildman–Crippen LogP) is 2.14. The third-order valence-electron chi connectivity index (χ3n) is 3.24. The van der Waals surface area contributed by atoms with Crippen LogP contribution in [0, 0.1) is 17.6 Å². The number of benzene rings is 1. The van der Waals surface area contributed by atoms with Crippen molar-refractivity contribution in [3.63, 3.8) is 0 Å². The Balaban J connectivity index is 2.11. The van der Waals surface area contributed by atoms with Gasteiger partial charge in [-0.25, -0.2) is 8.78 Å². The molecule has 0 spiro atoms. The Bertz CT molecular complexity index is 379. The summed E-state index contributed by atoms with van der Waals surface area (Å²) in [7, 11) is 0. The van der Waals surface area contributed by atoms with E-state index in [1.165, 1.54) is 12.1 Å². The SMILES string of the molecule is CC(N)C1CCN(c2ccc(F)c(F)c2)C1. The molecule has 1 aromatic carbocycles. The zero-order chi connectivity index (χ0) is 11.7. The van der Waals surface area contributed by atoms with Gasteiger partial charge in [-0.05, 0) is 31.4 Å². The first-order valence-corrected chi connectivity index (χ1v) is 5.53. The van der Waals surface area contributed by atoms with Crippen molar-refractivity contribution in [2.45, 2.75) is 19.4 Å². The molecule has 2 atom stereocenters. The Kier molecular flexibility index (Phi) is 3.10. The lowest BCUT2D eigenvalue weighted by molar-refractivity contribution is 0.487. The summed E-state index contributed by atoms with van der Waals surface area (Å²) in [6.45, 7) is 3.67. The van der Waals surface area contributed by atoms with E-state index in [0.29, 0.717) is 5.92 Å². The molecule has 88 valence electrons. The van der Waals surface area contributed by atoms with Crippen LogP contribution in [0.5, 0.6) is 0 Å². The van der Waals surface area contributed by atoms with Gasteiger partial charge in [-0.3, -0.25) is 0 Å². The molecule has 1 aromatic rings. The van der Waals surface area contributed by atoms with E-state index in [1.54, 1.807) is 6.07 Å². The van der Waals surface area contributed by atoms with Crippen LogP contribution >= 0.6 is 0 Å². The number of nitrogens with two attached hydrogens (primary N) is 1. The standard InChI is InChI=1S/C12H16F2N2/c1-8(15)9-4-5-16(7-9)10-2-3-11(13)12(14)6-10/h2-3,6,8-9H,4-5,7,15H2,1H3. The summed E-state index contributed by atoms with van der Waals surface area (Å²) in [4.78, 5) is 2.05. The molecule has 1 fully saturated rings. The molecule has 1 aliphatic heterocycles. The molecule has 1 heterocycles. The number of anilines is 1. The van der Waals surface area contributed by atoms with Crippen LogP contribution < -0.4 is 10.6 Å². The largest absolute Gasteiger partial charge is 0.371 e. The highest BCUT2D eigenvalue weighted by molar-refractivity contribution is 5.47. The smallest absolute Gasteiger partial charge is 0.160 e. The van der Waals surface area contributed by atoms with Gasteiger partial charge in [-0.1, -0.05) is 0 Å². The molecule has 1 aliphatic rings. The molecule has 4 heteroatoms. The van der Waals surface area contributed by atoms with Gasteiger partial charge in [-0.15, -0.1) is 0 Å². The number of hydrogen-bond donors (Lipinski definition) is 1. The Morgan fingerprint density at radius 3 is 2.69 bits per heavy atom. The highest BCUT2D eigenvalue weighted by Crippen LogP contribution is 2.26. The van der Waals surface area contributed by atoms with Crippen LogP contribution in [-0.4, -0.2) is 19.1 Å². The lowest BCUT2D eigenvalue weighted by atomic mass is 10.0. The summed E-state index contributed by atoms with van der Waals surface area (Å²) in [6.07, 6.45) is 1.01. The number of rotatable bonds is 2. The number of nitrogens with zero attached hydrogens (tertiary/aromatic N) is 1. The molecule has 0 aliphatic carbocycles. The quantitative estimate of drug-likeness (QED) is 0.837. The van der Waals surface area contributed by atoms with Crippen LogP contribution in [0.15, 0.2) is 18.2 Å². The number of halogens is 2. The second-order valence-corrected chi connectivity index (χ2v) is 4.45. The normalized spacial score (nSPS) is 22.5. The third-order valence-corrected chi connectivity index (χ3v) is 3.24. The van der Waals surface area contributed by atoms with Crippen LogP contribution in [-0.2, 0) is 0 Å². The first-order chi connectivity index (χ1) is 7.58. The Morgan fingerprint density at radius 2 is 2.12 bits per heavy atom. The van der Waals surface area contributed by atoms with E-state index in [9.17, 15) is 8.78 Å². The van der Waals surface area contributed by atoms with Crippen molar-refractivity contribution in [3.05, 3.63) is 29.8 Å². The van der Waals surface area contributed by atoms with E-state index in [0.717, 1.165) is 25.2 Å². The van der Waals surface area contributed by atoms with Crippen molar-refractivity contribution in [1.29, 1.82) is 0 Å². The summed E-state index contributed by atoms with van der Waals surface area (Å²) in [5.41, 5.74) is 6.57. The van der Waals surface area contributed by atoms with E-state index >= 15 is 0 Å². The molecule has 2 nitrogen and oxygen atoms in total. The first kappa shape index (κ1) is 11.3. The summed E-state index contributed by atoms with van der Waals surface area (Å²) >= 11 is 0. The fourth-order valence-electron chi connectivity index (χ4n) is 2.13. The monoisotopic (exact) mass is 226 g/mol. The van der Waals surface area contributed by atoms with Gasteiger partial charge in [-0.2, -0.15) is 0 Å². The van der Waals surface area contributed by atoms with Crippen LogP contribution in [0.1, 0.15) is 13.3 Å². The molecule has 0 amide bonds. The van der Waals surface area contributed by atoms with E-state index in [-0.39, 0.29) is 6.04 Å². The topological polar surface area (TPSA) is 29.3 Å². The van der Waals surface area contributed by atoms with Gasteiger partial charge >= 0.3 is 0 Å². The molecule has 1 saturated heterocycles. The fourth-order valence-corrected chi connectivity index (χ4v) is 2.13. The van der Waals surface area contributed by atoms with Crippen LogP contribution in [0.2, 0.25) is 0 Å². The molecule has 2 N–H and O–H groups in total. The van der Waals surface area contributed by atoms with Gasteiger partial charge in [0.25, 0.3) is 0 Å². The van der Waals surface area contributed by atoms with Crippen molar-refractivity contribution in [2.75, 3.05) is 18.0 Å². The van der Waals surface area contributed by atoms with Crippen molar-refractivity contribution in [3.8, 4) is 0 Å². The van der Waals surface area contributed by atoms with Gasteiger partial charge in [0.2, 0.25) is 0 Å². The maximum absolute atomic E-state index is 13.1. The minimum absolute atomic E-state index is 0.148. The molecular weight excluding hydrogens is 210 g/mol. The van der Waals surface area contributed by atoms with E-state index in [4.69, 9.17) is 5.73 Å². The van der Waals surface area contributed by atoms with Gasteiger partial charge in [0, 0.05) is 30.9 Å². The van der Waals surface area contributed by atoms with E-state index in [1.807, 2.05) is 6.92 Å². The first-order valence-electron chi connectivity index (χ1n) is 5.53. The average Bonchev–Trinajstić information content (AvgIpc) is 2.71. The summed E-state index contributed by atoms with van der Waals surface area (Å²) in [5, 5.41) is 0. The van der Waals surface area contributed by atoms with E-state index in [2.05, 4.69) is 4.90 Å². The zero-order valence-corrected chi connectivity index (χ0v) is 9.29. The predicted molar refractivity (Wildman–Crippen MR) is 60.3 cm³/mol. The molecule has 2 rings (SSSR count). The molecule has 16 heavy (non-hydrogen) atoms. The molecule has 0 bridgehead atoms. The highest BCUT2D eigenvalue weighted by atomic mass is 19.2. The molecule has 0 aromatic heterocycles. The molecule has 0 saturated carbocycles. The number of hydrogen-bond acceptors (Lipinski definition) is 2. The second-order valence-electron chi connectivity index (χ2n) is 4.45. The summed E-state index contributed by atoms with van der Waals surface area (Å²) in [6, 6.07) is 4.18. The fraction of sp³-hybridized carbons (Fsp3) is 0.500. The van der Waals surface area contributed by atoms with Gasteiger partial charge in [0.1, 0.15) is 0 Å². The summed E-state index contributed by atoms with van der Waals surface area (Å²) in [5.74, 6) is -1.15. The van der Waals surface area contributed by atoms with Crippen molar-refractivity contribution >= 4 is 5.69 Å². The van der Waals surface area contributed by atoms with E-state index < -0.39 is 11.6 Å². The van der Waals surface area contributed by atoms with Crippen LogP contribution in [0.3, 0.4) is 0 Å². The van der Waals surface area contributed by atoms with Crippen LogP contribution in [0.25, 0.3) is 0 Å². The van der Waals surface area contributed by atoms with Gasteiger partial charge < -0.3 is 10.6 Å².